The number of Topliss-reactive ketones (excluding diaryl/α,β-unsaturated/α-hetero) is 1. The van der Waals surface area contributed by atoms with E-state index in [4.69, 9.17) is 4.42 Å². The van der Waals surface area contributed by atoms with Crippen LogP contribution in [0, 0.1) is 0 Å². The number of furan rings is 1. The number of hydrogen-bond acceptors (Lipinski definition) is 4. The van der Waals surface area contributed by atoms with E-state index in [1.54, 1.807) is 66.7 Å². The molecule has 3 rings (SSSR count). The highest BCUT2D eigenvalue weighted by atomic mass is 32.2. The fourth-order valence-electron chi connectivity index (χ4n) is 2.56. The normalized spacial score (nSPS) is 12.7. The van der Waals surface area contributed by atoms with Crippen LogP contribution in [-0.2, 0) is 9.84 Å². The lowest BCUT2D eigenvalue weighted by Gasteiger charge is -2.17. The zero-order chi connectivity index (χ0) is 17.0. The number of sulfone groups is 1. The maximum absolute atomic E-state index is 13.1. The van der Waals surface area contributed by atoms with Gasteiger partial charge in [-0.05, 0) is 29.8 Å². The molecule has 1 atom stereocenters. The monoisotopic (exact) mass is 340 g/mol. The van der Waals surface area contributed by atoms with Crippen LogP contribution in [0.1, 0.15) is 27.8 Å². The molecule has 5 heteroatoms. The molecule has 1 heterocycles. The summed E-state index contributed by atoms with van der Waals surface area (Å²) in [5, 5.41) is -0.960. The van der Waals surface area contributed by atoms with E-state index in [0.29, 0.717) is 5.56 Å². The number of hydrogen-bond donors (Lipinski definition) is 0. The smallest absolute Gasteiger partial charge is 0.199 e. The Morgan fingerprint density at radius 3 is 2.08 bits per heavy atom. The summed E-state index contributed by atoms with van der Waals surface area (Å²) in [6.07, 6.45) is 1.23. The van der Waals surface area contributed by atoms with Gasteiger partial charge >= 0.3 is 0 Å². The summed E-state index contributed by atoms with van der Waals surface area (Å²) in [4.78, 5) is 12.6. The molecule has 0 spiro atoms. The third-order valence-corrected chi connectivity index (χ3v) is 5.90. The molecular weight excluding hydrogens is 324 g/mol. The Morgan fingerprint density at radius 2 is 1.50 bits per heavy atom. The van der Waals surface area contributed by atoms with Crippen molar-refractivity contribution in [3.8, 4) is 0 Å². The van der Waals surface area contributed by atoms with E-state index in [-0.39, 0.29) is 22.9 Å². The minimum Gasteiger partial charge on any atom is -0.461 e. The lowest BCUT2D eigenvalue weighted by Crippen LogP contribution is -2.17. The zero-order valence-electron chi connectivity index (χ0n) is 12.8. The van der Waals surface area contributed by atoms with Gasteiger partial charge in [0, 0.05) is 6.42 Å². The van der Waals surface area contributed by atoms with Crippen molar-refractivity contribution in [2.45, 2.75) is 16.6 Å². The van der Waals surface area contributed by atoms with E-state index in [0.717, 1.165) is 0 Å². The van der Waals surface area contributed by atoms with E-state index in [2.05, 4.69) is 0 Å². The second-order valence-electron chi connectivity index (χ2n) is 5.36. The molecule has 0 aliphatic carbocycles. The predicted molar refractivity (Wildman–Crippen MR) is 90.5 cm³/mol. The molecule has 0 radical (unpaired) electrons. The minimum atomic E-state index is -3.70. The molecular formula is C19H16O4S. The van der Waals surface area contributed by atoms with Crippen LogP contribution in [0.4, 0.5) is 0 Å². The van der Waals surface area contributed by atoms with Crippen molar-refractivity contribution in [2.75, 3.05) is 0 Å². The summed E-state index contributed by atoms with van der Waals surface area (Å²) in [6, 6.07) is 20.1. The van der Waals surface area contributed by atoms with E-state index < -0.39 is 15.1 Å². The van der Waals surface area contributed by atoms with Gasteiger partial charge in [-0.3, -0.25) is 4.79 Å². The van der Waals surface area contributed by atoms with Gasteiger partial charge in [-0.15, -0.1) is 0 Å². The van der Waals surface area contributed by atoms with Gasteiger partial charge in [-0.1, -0.05) is 48.5 Å². The molecule has 1 aromatic heterocycles. The third kappa shape index (κ3) is 3.31. The van der Waals surface area contributed by atoms with Crippen molar-refractivity contribution in [3.05, 3.63) is 90.4 Å². The summed E-state index contributed by atoms with van der Waals surface area (Å²) < 4.78 is 31.2. The van der Waals surface area contributed by atoms with Crippen molar-refractivity contribution in [2.24, 2.45) is 0 Å². The Morgan fingerprint density at radius 1 is 0.875 bits per heavy atom. The number of carbonyl (C=O) groups is 1. The first kappa shape index (κ1) is 16.2. The first-order valence-corrected chi connectivity index (χ1v) is 9.04. The van der Waals surface area contributed by atoms with Gasteiger partial charge in [-0.25, -0.2) is 8.42 Å². The summed E-state index contributed by atoms with van der Waals surface area (Å²) in [6.45, 7) is 0. The largest absolute Gasteiger partial charge is 0.461 e. The Hall–Kier alpha value is -2.66. The van der Waals surface area contributed by atoms with Crippen LogP contribution < -0.4 is 0 Å². The quantitative estimate of drug-likeness (QED) is 0.635. The number of ketones is 1. The minimum absolute atomic E-state index is 0.166. The summed E-state index contributed by atoms with van der Waals surface area (Å²) in [5.74, 6) is -0.174. The molecule has 122 valence electrons. The van der Waals surface area contributed by atoms with Crippen molar-refractivity contribution >= 4 is 15.6 Å². The van der Waals surface area contributed by atoms with E-state index in [1.807, 2.05) is 6.07 Å². The Bertz CT molecular complexity index is 899. The highest BCUT2D eigenvalue weighted by molar-refractivity contribution is 7.91. The van der Waals surface area contributed by atoms with Gasteiger partial charge < -0.3 is 4.42 Å². The topological polar surface area (TPSA) is 64.3 Å². The van der Waals surface area contributed by atoms with Gasteiger partial charge in [0.1, 0.15) is 0 Å². The van der Waals surface area contributed by atoms with Gasteiger partial charge in [0.2, 0.25) is 0 Å². The van der Waals surface area contributed by atoms with Gasteiger partial charge in [0.25, 0.3) is 0 Å². The SMILES string of the molecule is O=C(CC(c1ccccc1)S(=O)(=O)c1ccccc1)c1ccco1. The second kappa shape index (κ2) is 6.84. The Kier molecular flexibility index (Phi) is 4.62. The fraction of sp³-hybridized carbons (Fsp3) is 0.105. The molecule has 0 saturated heterocycles. The van der Waals surface area contributed by atoms with Crippen LogP contribution in [0.2, 0.25) is 0 Å². The lowest BCUT2D eigenvalue weighted by atomic mass is 10.1. The molecule has 1 unspecified atom stereocenters. The van der Waals surface area contributed by atoms with Crippen molar-refractivity contribution in [1.29, 1.82) is 0 Å². The maximum Gasteiger partial charge on any atom is 0.199 e. The van der Waals surface area contributed by atoms with Crippen LogP contribution in [0.25, 0.3) is 0 Å². The molecule has 2 aromatic carbocycles. The van der Waals surface area contributed by atoms with Crippen molar-refractivity contribution in [3.63, 3.8) is 0 Å². The maximum atomic E-state index is 13.1. The Balaban J connectivity index is 2.01. The molecule has 0 bridgehead atoms. The summed E-state index contributed by atoms with van der Waals surface area (Å²) >= 11 is 0. The van der Waals surface area contributed by atoms with Crippen LogP contribution in [0.15, 0.2) is 88.4 Å². The van der Waals surface area contributed by atoms with Crippen molar-refractivity contribution < 1.29 is 17.6 Å². The average Bonchev–Trinajstić information content (AvgIpc) is 3.15. The van der Waals surface area contributed by atoms with E-state index >= 15 is 0 Å². The lowest BCUT2D eigenvalue weighted by molar-refractivity contribution is 0.0954. The molecule has 0 aliphatic rings. The van der Waals surface area contributed by atoms with Crippen LogP contribution in [0.3, 0.4) is 0 Å². The first-order valence-electron chi connectivity index (χ1n) is 7.49. The molecule has 0 N–H and O–H groups in total. The molecule has 0 aliphatic heterocycles. The van der Waals surface area contributed by atoms with E-state index in [1.165, 1.54) is 6.26 Å². The van der Waals surface area contributed by atoms with Gasteiger partial charge in [-0.2, -0.15) is 0 Å². The van der Waals surface area contributed by atoms with Crippen LogP contribution >= 0.6 is 0 Å². The Labute approximate surface area is 140 Å². The molecule has 3 aromatic rings. The molecule has 24 heavy (non-hydrogen) atoms. The van der Waals surface area contributed by atoms with E-state index in [9.17, 15) is 13.2 Å². The van der Waals surface area contributed by atoms with Crippen LogP contribution in [0.5, 0.6) is 0 Å². The fourth-order valence-corrected chi connectivity index (χ4v) is 4.31. The third-order valence-electron chi connectivity index (χ3n) is 3.78. The average molecular weight is 340 g/mol. The standard InChI is InChI=1S/C19H16O4S/c20-17(18-12-7-13-23-18)14-19(15-8-3-1-4-9-15)24(21,22)16-10-5-2-6-11-16/h1-13,19H,14H2. The number of rotatable bonds is 6. The van der Waals surface area contributed by atoms with Gasteiger partial charge in [0.15, 0.2) is 21.4 Å². The molecule has 0 fully saturated rings. The molecule has 4 nitrogen and oxygen atoms in total. The predicted octanol–water partition coefficient (Wildman–Crippen LogP) is 4.07. The number of benzene rings is 2. The molecule has 0 amide bonds. The van der Waals surface area contributed by atoms with Gasteiger partial charge in [0.05, 0.1) is 16.4 Å². The second-order valence-corrected chi connectivity index (χ2v) is 7.49. The highest BCUT2D eigenvalue weighted by Gasteiger charge is 2.32. The summed E-state index contributed by atoms with van der Waals surface area (Å²) in [7, 11) is -3.70. The number of carbonyl (C=O) groups excluding carboxylic acids is 1. The zero-order valence-corrected chi connectivity index (χ0v) is 13.6. The highest BCUT2D eigenvalue weighted by Crippen LogP contribution is 2.32. The molecule has 0 saturated carbocycles. The summed E-state index contributed by atoms with van der Waals surface area (Å²) in [5.41, 5.74) is 0.584. The first-order chi connectivity index (χ1) is 11.6. The van der Waals surface area contributed by atoms with Crippen LogP contribution in [-0.4, -0.2) is 14.2 Å². The van der Waals surface area contributed by atoms with Crippen molar-refractivity contribution in [1.82, 2.24) is 0 Å².